The van der Waals surface area contributed by atoms with Crippen molar-refractivity contribution in [2.75, 3.05) is 6.26 Å². The fraction of sp³-hybridized carbons (Fsp3) is 0.750. The molecule has 0 aromatic heterocycles. The van der Waals surface area contributed by atoms with Gasteiger partial charge in [-0.3, -0.25) is 0 Å². The summed E-state index contributed by atoms with van der Waals surface area (Å²) in [6.07, 6.45) is 7.28. The normalized spacial score (nSPS) is 34.9. The molecular weight excluding hydrogens is 128 g/mol. The number of hydrogen-bond donors (Lipinski definition) is 0. The third-order valence-corrected chi connectivity index (χ3v) is 2.33. The summed E-state index contributed by atoms with van der Waals surface area (Å²) in [4.78, 5) is 0. The average Bonchev–Trinajstić information content (AvgIpc) is 1.78. The first kappa shape index (κ1) is 7.20. The molecule has 1 heteroatoms. The van der Waals surface area contributed by atoms with Crippen LogP contribution in [0.25, 0.3) is 0 Å². The quantitative estimate of drug-likeness (QED) is 0.571. The highest BCUT2D eigenvalue weighted by Gasteiger charge is 2.21. The minimum Gasteiger partial charge on any atom is -0.138 e. The Hall–Kier alpha value is 0.0900. The van der Waals surface area contributed by atoms with Gasteiger partial charge in [0.1, 0.15) is 0 Å². The first-order chi connectivity index (χ1) is 4.33. The summed E-state index contributed by atoms with van der Waals surface area (Å²) in [7, 11) is 0. The van der Waals surface area contributed by atoms with Gasteiger partial charge in [-0.2, -0.15) is 0 Å². The van der Waals surface area contributed by atoms with Gasteiger partial charge in [-0.1, -0.05) is 13.0 Å². The molecule has 0 aliphatic heterocycles. The molecule has 0 unspecified atom stereocenters. The van der Waals surface area contributed by atoms with Gasteiger partial charge in [-0.05, 0) is 36.3 Å². The van der Waals surface area contributed by atoms with Crippen LogP contribution in [-0.2, 0) is 0 Å². The molecule has 9 heavy (non-hydrogen) atoms. The topological polar surface area (TPSA) is 0 Å². The lowest BCUT2D eigenvalue weighted by Gasteiger charge is -2.29. The molecular formula is C8H14S. The van der Waals surface area contributed by atoms with E-state index in [4.69, 9.17) is 0 Å². The van der Waals surface area contributed by atoms with Crippen LogP contribution < -0.4 is 0 Å². The molecule has 1 saturated carbocycles. The molecule has 0 amide bonds. The summed E-state index contributed by atoms with van der Waals surface area (Å²) in [5, 5.41) is 2.20. The van der Waals surface area contributed by atoms with Crippen molar-refractivity contribution in [3.8, 4) is 0 Å². The molecule has 0 nitrogen and oxygen atoms in total. The van der Waals surface area contributed by atoms with Gasteiger partial charge in [0.15, 0.2) is 0 Å². The number of hydrogen-bond acceptors (Lipinski definition) is 1. The summed E-state index contributed by atoms with van der Waals surface area (Å²) < 4.78 is 0. The van der Waals surface area contributed by atoms with Crippen LogP contribution in [0.2, 0.25) is 0 Å². The van der Waals surface area contributed by atoms with Gasteiger partial charge in [0.25, 0.3) is 0 Å². The lowest BCUT2D eigenvalue weighted by Crippen LogP contribution is -2.18. The second-order valence-corrected chi connectivity index (χ2v) is 3.64. The van der Waals surface area contributed by atoms with Gasteiger partial charge >= 0.3 is 0 Å². The van der Waals surface area contributed by atoms with Crippen LogP contribution in [0.15, 0.2) is 11.5 Å². The molecule has 0 saturated heterocycles. The lowest BCUT2D eigenvalue weighted by molar-refractivity contribution is 0.263. The van der Waals surface area contributed by atoms with Crippen molar-refractivity contribution in [2.45, 2.75) is 19.8 Å². The summed E-state index contributed by atoms with van der Waals surface area (Å²) >= 11 is 1.80. The third kappa shape index (κ3) is 2.05. The Morgan fingerprint density at radius 1 is 1.44 bits per heavy atom. The maximum absolute atomic E-state index is 2.34. The fourth-order valence-electron chi connectivity index (χ4n) is 1.31. The molecule has 0 radical (unpaired) electrons. The van der Waals surface area contributed by atoms with Crippen molar-refractivity contribution < 1.29 is 0 Å². The summed E-state index contributed by atoms with van der Waals surface area (Å²) in [5.74, 6) is 1.90. The van der Waals surface area contributed by atoms with E-state index < -0.39 is 0 Å². The van der Waals surface area contributed by atoms with Crippen molar-refractivity contribution in [3.63, 3.8) is 0 Å². The van der Waals surface area contributed by atoms with E-state index in [2.05, 4.69) is 24.7 Å². The van der Waals surface area contributed by atoms with E-state index in [9.17, 15) is 0 Å². The third-order valence-electron chi connectivity index (χ3n) is 1.90. The van der Waals surface area contributed by atoms with Crippen LogP contribution in [-0.4, -0.2) is 6.26 Å². The largest absolute Gasteiger partial charge is 0.138 e. The molecule has 0 aromatic rings. The molecule has 1 aliphatic carbocycles. The van der Waals surface area contributed by atoms with Gasteiger partial charge in [0.05, 0.1) is 0 Å². The minimum atomic E-state index is 0.910. The zero-order chi connectivity index (χ0) is 6.69. The first-order valence-electron chi connectivity index (χ1n) is 3.52. The van der Waals surface area contributed by atoms with E-state index in [0.29, 0.717) is 0 Å². The van der Waals surface area contributed by atoms with Crippen molar-refractivity contribution in [2.24, 2.45) is 11.8 Å². The highest BCUT2D eigenvalue weighted by molar-refractivity contribution is 8.01. The number of allylic oxidation sites excluding steroid dienone is 1. The van der Waals surface area contributed by atoms with Crippen LogP contribution in [0.5, 0.6) is 0 Å². The van der Waals surface area contributed by atoms with E-state index in [1.807, 2.05) is 0 Å². The predicted molar refractivity (Wildman–Crippen MR) is 44.5 cm³/mol. The van der Waals surface area contributed by atoms with Crippen molar-refractivity contribution in [1.29, 1.82) is 0 Å². The second-order valence-electron chi connectivity index (χ2n) is 2.90. The molecule has 0 N–H and O–H groups in total. The Labute approximate surface area is 61.7 Å². The van der Waals surface area contributed by atoms with Gasteiger partial charge in [0, 0.05) is 0 Å². The number of thioether (sulfide) groups is 1. The summed E-state index contributed by atoms with van der Waals surface area (Å²) in [6.45, 7) is 2.32. The Morgan fingerprint density at radius 3 is 2.56 bits per heavy atom. The zero-order valence-corrected chi connectivity index (χ0v) is 6.95. The molecule has 0 bridgehead atoms. The maximum Gasteiger partial charge on any atom is -0.0142 e. The second kappa shape index (κ2) is 3.31. The predicted octanol–water partition coefficient (Wildman–Crippen LogP) is 2.91. The molecule has 52 valence electrons. The fourth-order valence-corrected chi connectivity index (χ4v) is 1.69. The van der Waals surface area contributed by atoms with Crippen molar-refractivity contribution in [1.82, 2.24) is 0 Å². The summed E-state index contributed by atoms with van der Waals surface area (Å²) in [6, 6.07) is 0. The molecule has 0 spiro atoms. The van der Waals surface area contributed by atoms with Crippen LogP contribution in [0, 0.1) is 11.8 Å². The van der Waals surface area contributed by atoms with E-state index in [1.54, 1.807) is 11.8 Å². The smallest absolute Gasteiger partial charge is 0.0142 e. The average molecular weight is 142 g/mol. The highest BCUT2D eigenvalue weighted by Crippen LogP contribution is 2.34. The van der Waals surface area contributed by atoms with Gasteiger partial charge < -0.3 is 0 Å². The molecule has 1 rings (SSSR count). The van der Waals surface area contributed by atoms with E-state index in [1.165, 1.54) is 12.8 Å². The van der Waals surface area contributed by atoms with Crippen LogP contribution in [0.1, 0.15) is 19.8 Å². The molecule has 0 aromatic carbocycles. The van der Waals surface area contributed by atoms with Crippen LogP contribution in [0.3, 0.4) is 0 Å². The Balaban J connectivity index is 2.10. The van der Waals surface area contributed by atoms with Crippen molar-refractivity contribution in [3.05, 3.63) is 11.5 Å². The van der Waals surface area contributed by atoms with Gasteiger partial charge in [-0.15, -0.1) is 11.8 Å². The Kier molecular flexibility index (Phi) is 2.65. The molecule has 0 atom stereocenters. The standard InChI is InChI=1S/C8H14S/c1-7-5-8(6-7)3-4-9-2/h3-4,7-8H,5-6H2,1-2H3/b4-3+. The van der Waals surface area contributed by atoms with Gasteiger partial charge in [-0.25, -0.2) is 0 Å². The van der Waals surface area contributed by atoms with Crippen LogP contribution in [0.4, 0.5) is 0 Å². The maximum atomic E-state index is 2.34. The first-order valence-corrected chi connectivity index (χ1v) is 4.81. The summed E-state index contributed by atoms with van der Waals surface area (Å²) in [5.41, 5.74) is 0. The van der Waals surface area contributed by atoms with Crippen molar-refractivity contribution >= 4 is 11.8 Å². The molecule has 0 heterocycles. The minimum absolute atomic E-state index is 0.910. The van der Waals surface area contributed by atoms with E-state index in [-0.39, 0.29) is 0 Å². The SMILES string of the molecule is CS/C=C/C1CC(C)C1. The molecule has 1 aliphatic rings. The monoisotopic (exact) mass is 142 g/mol. The molecule has 1 fully saturated rings. The number of rotatable bonds is 2. The van der Waals surface area contributed by atoms with Gasteiger partial charge in [0.2, 0.25) is 0 Å². The Bertz CT molecular complexity index is 101. The van der Waals surface area contributed by atoms with Crippen LogP contribution >= 0.6 is 11.8 Å². The highest BCUT2D eigenvalue weighted by atomic mass is 32.2. The van der Waals surface area contributed by atoms with E-state index in [0.717, 1.165) is 11.8 Å². The zero-order valence-electron chi connectivity index (χ0n) is 6.13. The van der Waals surface area contributed by atoms with E-state index >= 15 is 0 Å². The Morgan fingerprint density at radius 2 is 2.11 bits per heavy atom. The lowest BCUT2D eigenvalue weighted by atomic mass is 9.76.